The van der Waals surface area contributed by atoms with E-state index in [0.29, 0.717) is 6.54 Å². The number of hydrogen-bond acceptors (Lipinski definition) is 6. The van der Waals surface area contributed by atoms with Gasteiger partial charge in [-0.2, -0.15) is 0 Å². The van der Waals surface area contributed by atoms with Crippen LogP contribution in [0.5, 0.6) is 0 Å². The number of rotatable bonds is 3. The standard InChI is InChI=1S/C27H29N5O2S/c1-15-5-6-19-12-21(23-13-28-17(3)35-23)29-24(20(19)11-15)25-22-14-31(4)27(33)16(2)32(22)26(30-25)18-7-9-34-10-8-18/h5-6,11-13,16,18H,7-10,14H2,1-4H3. The van der Waals surface area contributed by atoms with E-state index in [1.54, 1.807) is 11.3 Å². The largest absolute Gasteiger partial charge is 0.381 e. The molecule has 1 saturated heterocycles. The molecule has 0 aliphatic carbocycles. The molecule has 1 aromatic carbocycles. The Labute approximate surface area is 208 Å². The number of hydrogen-bond donors (Lipinski definition) is 0. The third kappa shape index (κ3) is 3.76. The summed E-state index contributed by atoms with van der Waals surface area (Å²) in [6, 6.07) is 8.35. The molecule has 1 fully saturated rings. The van der Waals surface area contributed by atoms with Crippen molar-refractivity contribution in [1.82, 2.24) is 24.4 Å². The maximum Gasteiger partial charge on any atom is 0.245 e. The molecule has 0 spiro atoms. The Morgan fingerprint density at radius 1 is 1.09 bits per heavy atom. The highest BCUT2D eigenvalue weighted by Crippen LogP contribution is 2.40. The van der Waals surface area contributed by atoms with Crippen molar-refractivity contribution in [3.63, 3.8) is 0 Å². The number of ether oxygens (including phenoxy) is 1. The zero-order valence-electron chi connectivity index (χ0n) is 20.5. The second-order valence-electron chi connectivity index (χ2n) is 9.72. The van der Waals surface area contributed by atoms with Gasteiger partial charge in [-0.15, -0.1) is 11.3 Å². The highest BCUT2D eigenvalue weighted by Gasteiger charge is 2.36. The summed E-state index contributed by atoms with van der Waals surface area (Å²) in [7, 11) is 1.87. The van der Waals surface area contributed by atoms with Gasteiger partial charge in [0.25, 0.3) is 0 Å². The Kier molecular flexibility index (Phi) is 5.45. The zero-order valence-corrected chi connectivity index (χ0v) is 21.4. The third-order valence-corrected chi connectivity index (χ3v) is 8.15. The van der Waals surface area contributed by atoms with Crippen LogP contribution in [0.1, 0.15) is 53.8 Å². The Morgan fingerprint density at radius 3 is 2.63 bits per heavy atom. The van der Waals surface area contributed by atoms with Crippen molar-refractivity contribution in [2.45, 2.75) is 52.1 Å². The molecular formula is C27H29N5O2S. The van der Waals surface area contributed by atoms with E-state index in [-0.39, 0.29) is 17.9 Å². The van der Waals surface area contributed by atoms with Gasteiger partial charge < -0.3 is 14.2 Å². The smallest absolute Gasteiger partial charge is 0.245 e. The first-order valence-electron chi connectivity index (χ1n) is 12.2. The molecule has 8 heteroatoms. The molecule has 5 heterocycles. The summed E-state index contributed by atoms with van der Waals surface area (Å²) in [6.07, 6.45) is 3.73. The quantitative estimate of drug-likeness (QED) is 0.394. The van der Waals surface area contributed by atoms with Gasteiger partial charge in [-0.3, -0.25) is 4.79 Å². The fourth-order valence-corrected chi connectivity index (χ4v) is 6.12. The molecule has 0 radical (unpaired) electrons. The number of likely N-dealkylation sites (N-methyl/N-ethyl adjacent to an activating group) is 1. The van der Waals surface area contributed by atoms with Crippen molar-refractivity contribution in [3.8, 4) is 22.0 Å². The molecule has 2 aliphatic rings. The topological polar surface area (TPSA) is 73.1 Å². The predicted molar refractivity (Wildman–Crippen MR) is 138 cm³/mol. The maximum absolute atomic E-state index is 13.0. The van der Waals surface area contributed by atoms with Crippen molar-refractivity contribution >= 4 is 28.0 Å². The van der Waals surface area contributed by atoms with E-state index in [2.05, 4.69) is 40.7 Å². The molecule has 1 unspecified atom stereocenters. The number of aryl methyl sites for hydroxylation is 2. The van der Waals surface area contributed by atoms with Gasteiger partial charge in [0.1, 0.15) is 17.6 Å². The molecule has 3 aromatic heterocycles. The van der Waals surface area contributed by atoms with Gasteiger partial charge in [0.05, 0.1) is 33.5 Å². The monoisotopic (exact) mass is 487 g/mol. The van der Waals surface area contributed by atoms with E-state index in [9.17, 15) is 4.79 Å². The number of benzene rings is 1. The van der Waals surface area contributed by atoms with Crippen LogP contribution in [0.4, 0.5) is 0 Å². The third-order valence-electron chi connectivity index (χ3n) is 7.22. The van der Waals surface area contributed by atoms with Crippen molar-refractivity contribution < 1.29 is 9.53 Å². The summed E-state index contributed by atoms with van der Waals surface area (Å²) in [6.45, 7) is 8.08. The first-order chi connectivity index (χ1) is 16.9. The zero-order chi connectivity index (χ0) is 24.3. The Morgan fingerprint density at radius 2 is 1.89 bits per heavy atom. The first-order valence-corrected chi connectivity index (χ1v) is 13.0. The van der Waals surface area contributed by atoms with Crippen LogP contribution in [0, 0.1) is 13.8 Å². The van der Waals surface area contributed by atoms with E-state index < -0.39 is 0 Å². The fourth-order valence-electron chi connectivity index (χ4n) is 5.38. The molecule has 0 saturated carbocycles. The van der Waals surface area contributed by atoms with Gasteiger partial charge in [-0.25, -0.2) is 15.0 Å². The molecule has 1 atom stereocenters. The van der Waals surface area contributed by atoms with Crippen LogP contribution in [-0.4, -0.2) is 50.6 Å². The molecule has 180 valence electrons. The van der Waals surface area contributed by atoms with Crippen LogP contribution in [0.15, 0.2) is 30.5 Å². The maximum atomic E-state index is 13.0. The highest BCUT2D eigenvalue weighted by molar-refractivity contribution is 7.15. The number of pyridine rings is 1. The van der Waals surface area contributed by atoms with Crippen molar-refractivity contribution in [2.75, 3.05) is 20.3 Å². The van der Waals surface area contributed by atoms with Crippen LogP contribution >= 0.6 is 11.3 Å². The van der Waals surface area contributed by atoms with Gasteiger partial charge in [-0.05, 0) is 51.1 Å². The minimum absolute atomic E-state index is 0.123. The number of aromatic nitrogens is 4. The second kappa shape index (κ2) is 8.53. The lowest BCUT2D eigenvalue weighted by molar-refractivity contribution is -0.135. The molecule has 0 bridgehead atoms. The highest BCUT2D eigenvalue weighted by atomic mass is 32.1. The summed E-state index contributed by atoms with van der Waals surface area (Å²) in [5.74, 6) is 1.39. The van der Waals surface area contributed by atoms with Crippen LogP contribution < -0.4 is 0 Å². The summed E-state index contributed by atoms with van der Waals surface area (Å²) in [5.41, 5.74) is 4.92. The van der Waals surface area contributed by atoms with Gasteiger partial charge in [0.15, 0.2) is 0 Å². The molecule has 2 aliphatic heterocycles. The lowest BCUT2D eigenvalue weighted by Crippen LogP contribution is -2.40. The second-order valence-corrected chi connectivity index (χ2v) is 11.0. The summed E-state index contributed by atoms with van der Waals surface area (Å²) in [4.78, 5) is 30.8. The number of nitrogens with zero attached hydrogens (tertiary/aromatic N) is 5. The SMILES string of the molecule is Cc1ccc2cc(-c3cnc(C)s3)nc(-c3nc(C4CCOCC4)n4c3CN(C)C(=O)C4C)c2c1. The lowest BCUT2D eigenvalue weighted by Gasteiger charge is -2.32. The van der Waals surface area contributed by atoms with Crippen molar-refractivity contribution in [1.29, 1.82) is 0 Å². The van der Waals surface area contributed by atoms with Gasteiger partial charge >= 0.3 is 0 Å². The van der Waals surface area contributed by atoms with Gasteiger partial charge in [-0.1, -0.05) is 17.7 Å². The number of imidazole rings is 1. The number of thiazole rings is 1. The van der Waals surface area contributed by atoms with E-state index in [4.69, 9.17) is 14.7 Å². The fraction of sp³-hybridized carbons (Fsp3) is 0.407. The minimum Gasteiger partial charge on any atom is -0.381 e. The van der Waals surface area contributed by atoms with E-state index >= 15 is 0 Å². The summed E-state index contributed by atoms with van der Waals surface area (Å²) in [5, 5.41) is 3.23. The van der Waals surface area contributed by atoms with Crippen LogP contribution in [-0.2, 0) is 16.1 Å². The molecular weight excluding hydrogens is 458 g/mol. The first kappa shape index (κ1) is 22.4. The van der Waals surface area contributed by atoms with E-state index in [1.165, 1.54) is 5.56 Å². The van der Waals surface area contributed by atoms with Crippen molar-refractivity contribution in [2.24, 2.45) is 0 Å². The van der Waals surface area contributed by atoms with Crippen molar-refractivity contribution in [3.05, 3.63) is 52.6 Å². The molecule has 7 nitrogen and oxygen atoms in total. The average Bonchev–Trinajstić information content (AvgIpc) is 3.46. The normalized spacial score (nSPS) is 18.9. The van der Waals surface area contributed by atoms with E-state index in [1.807, 2.05) is 32.0 Å². The average molecular weight is 488 g/mol. The molecule has 35 heavy (non-hydrogen) atoms. The Hall–Kier alpha value is -3.10. The van der Waals surface area contributed by atoms with E-state index in [0.717, 1.165) is 75.3 Å². The summed E-state index contributed by atoms with van der Waals surface area (Å²) < 4.78 is 7.82. The molecule has 6 rings (SSSR count). The number of carbonyl (C=O) groups is 1. The summed E-state index contributed by atoms with van der Waals surface area (Å²) >= 11 is 1.65. The molecule has 0 N–H and O–H groups in total. The Bertz CT molecular complexity index is 1450. The predicted octanol–water partition coefficient (Wildman–Crippen LogP) is 5.27. The number of fused-ring (bicyclic) bond motifs is 2. The molecule has 4 aromatic rings. The molecule has 1 amide bonds. The minimum atomic E-state index is -0.289. The van der Waals surface area contributed by atoms with Gasteiger partial charge in [0, 0.05) is 37.8 Å². The number of amides is 1. The van der Waals surface area contributed by atoms with Crippen LogP contribution in [0.2, 0.25) is 0 Å². The lowest BCUT2D eigenvalue weighted by atomic mass is 9.98. The number of carbonyl (C=O) groups excluding carboxylic acids is 1. The van der Waals surface area contributed by atoms with Crippen LogP contribution in [0.3, 0.4) is 0 Å². The van der Waals surface area contributed by atoms with Crippen LogP contribution in [0.25, 0.3) is 32.7 Å². The van der Waals surface area contributed by atoms with Gasteiger partial charge in [0.2, 0.25) is 5.91 Å². The Balaban J connectivity index is 1.63.